The molecule has 0 saturated carbocycles. The van der Waals surface area contributed by atoms with E-state index in [1.54, 1.807) is 17.8 Å². The summed E-state index contributed by atoms with van der Waals surface area (Å²) in [6, 6.07) is 12.4. The number of aromatic nitrogens is 2. The predicted octanol–water partition coefficient (Wildman–Crippen LogP) is 3.27. The molecule has 7 heteroatoms. The number of nitrogens with zero attached hydrogens (tertiary/aromatic N) is 3. The summed E-state index contributed by atoms with van der Waals surface area (Å²) < 4.78 is 15.4. The van der Waals surface area contributed by atoms with Crippen LogP contribution in [0.5, 0.6) is 0 Å². The lowest BCUT2D eigenvalue weighted by Gasteiger charge is -2.17. The fourth-order valence-electron chi connectivity index (χ4n) is 3.03. The van der Waals surface area contributed by atoms with E-state index < -0.39 is 0 Å². The number of halogens is 1. The largest absolute Gasteiger partial charge is 0.331 e. The molecular weight excluding hydrogens is 351 g/mol. The van der Waals surface area contributed by atoms with E-state index in [1.165, 1.54) is 12.1 Å². The summed E-state index contributed by atoms with van der Waals surface area (Å²) in [7, 11) is 1.89. The molecule has 1 amide bonds. The normalized spacial score (nSPS) is 15.2. The second-order valence-corrected chi connectivity index (χ2v) is 7.22. The van der Waals surface area contributed by atoms with Crippen molar-refractivity contribution in [2.24, 2.45) is 12.1 Å². The first kappa shape index (κ1) is 16.8. The third-order valence-electron chi connectivity index (χ3n) is 4.36. The van der Waals surface area contributed by atoms with Crippen molar-refractivity contribution in [3.8, 4) is 0 Å². The van der Waals surface area contributed by atoms with Crippen LogP contribution in [0.15, 0.2) is 52.5 Å². The van der Waals surface area contributed by atoms with Crippen LogP contribution in [-0.4, -0.2) is 26.9 Å². The number of benzene rings is 2. The Morgan fingerprint density at radius 2 is 2.19 bits per heavy atom. The van der Waals surface area contributed by atoms with E-state index in [0.29, 0.717) is 18.0 Å². The minimum Gasteiger partial charge on any atom is -0.331 e. The fourth-order valence-corrected chi connectivity index (χ4v) is 4.04. The number of hydrogen-bond acceptors (Lipinski definition) is 4. The molecule has 132 valence electrons. The van der Waals surface area contributed by atoms with Crippen molar-refractivity contribution in [1.29, 1.82) is 0 Å². The Hall–Kier alpha value is -2.67. The first-order valence-corrected chi connectivity index (χ1v) is 9.29. The maximum atomic E-state index is 13.5. The van der Waals surface area contributed by atoms with Gasteiger partial charge < -0.3 is 4.57 Å². The first-order valence-electron chi connectivity index (χ1n) is 8.30. The molecule has 1 aromatic heterocycles. The highest BCUT2D eigenvalue weighted by Gasteiger charge is 2.18. The molecule has 26 heavy (non-hydrogen) atoms. The van der Waals surface area contributed by atoms with Crippen molar-refractivity contribution in [3.63, 3.8) is 0 Å². The van der Waals surface area contributed by atoms with Crippen LogP contribution in [0.2, 0.25) is 0 Å². The molecule has 5 nitrogen and oxygen atoms in total. The Morgan fingerprint density at radius 1 is 1.35 bits per heavy atom. The average Bonchev–Trinajstić information content (AvgIpc) is 2.96. The number of carbonyl (C=O) groups is 1. The molecule has 0 saturated heterocycles. The van der Waals surface area contributed by atoms with Crippen molar-refractivity contribution in [1.82, 2.24) is 15.0 Å². The minimum atomic E-state index is -0.301. The fraction of sp³-hybridized carbons (Fsp3) is 0.211. The quantitative estimate of drug-likeness (QED) is 0.722. The molecule has 0 atom stereocenters. The maximum absolute atomic E-state index is 13.5. The number of fused-ring (bicyclic) bond motifs is 2. The summed E-state index contributed by atoms with van der Waals surface area (Å²) in [5.41, 5.74) is 5.90. The summed E-state index contributed by atoms with van der Waals surface area (Å²) in [5, 5.41) is 4.25. The lowest BCUT2D eigenvalue weighted by Crippen LogP contribution is -2.24. The maximum Gasteiger partial charge on any atom is 0.247 e. The van der Waals surface area contributed by atoms with Gasteiger partial charge in [-0.3, -0.25) is 4.79 Å². The van der Waals surface area contributed by atoms with Crippen LogP contribution in [0.1, 0.15) is 17.8 Å². The van der Waals surface area contributed by atoms with E-state index in [2.05, 4.69) is 15.5 Å². The van der Waals surface area contributed by atoms with Crippen LogP contribution in [0.25, 0.3) is 11.0 Å². The number of rotatable bonds is 3. The van der Waals surface area contributed by atoms with Gasteiger partial charge in [0.05, 0.1) is 23.2 Å². The van der Waals surface area contributed by atoms with Crippen LogP contribution in [0, 0.1) is 5.82 Å². The third-order valence-corrected chi connectivity index (χ3v) is 5.44. The van der Waals surface area contributed by atoms with E-state index in [4.69, 9.17) is 0 Å². The molecule has 4 rings (SSSR count). The number of hydrogen-bond donors (Lipinski definition) is 1. The zero-order chi connectivity index (χ0) is 18.1. The second-order valence-electron chi connectivity index (χ2n) is 6.08. The van der Waals surface area contributed by atoms with Gasteiger partial charge in [0.25, 0.3) is 0 Å². The van der Waals surface area contributed by atoms with Crippen LogP contribution < -0.4 is 5.43 Å². The highest BCUT2D eigenvalue weighted by atomic mass is 32.2. The van der Waals surface area contributed by atoms with Crippen LogP contribution in [0.3, 0.4) is 0 Å². The van der Waals surface area contributed by atoms with E-state index in [-0.39, 0.29) is 18.1 Å². The summed E-state index contributed by atoms with van der Waals surface area (Å²) in [6.07, 6.45) is 0.820. The van der Waals surface area contributed by atoms with Gasteiger partial charge in [0.2, 0.25) is 5.91 Å². The molecule has 0 bridgehead atoms. The van der Waals surface area contributed by atoms with Crippen LogP contribution in [0.4, 0.5) is 4.39 Å². The van der Waals surface area contributed by atoms with Gasteiger partial charge in [0.15, 0.2) is 0 Å². The van der Waals surface area contributed by atoms with E-state index in [1.807, 2.05) is 35.9 Å². The molecular formula is C19H17FN4OS. The minimum absolute atomic E-state index is 0.132. The standard InChI is InChI=1S/C19H17FN4OS/c1-24-16-5-3-2-4-15(16)21-18(24)11-19(25)23-22-14-8-9-26-17-7-6-12(20)10-13(14)17/h2-7,10H,8-9,11H2,1H3,(H,23,25). The molecule has 2 aromatic carbocycles. The zero-order valence-electron chi connectivity index (χ0n) is 14.2. The molecule has 0 fully saturated rings. The Bertz CT molecular complexity index is 1030. The number of hydrazone groups is 1. The third kappa shape index (κ3) is 3.22. The summed E-state index contributed by atoms with van der Waals surface area (Å²) in [6.45, 7) is 0. The zero-order valence-corrected chi connectivity index (χ0v) is 15.0. The molecule has 0 aliphatic carbocycles. The Balaban J connectivity index is 1.51. The van der Waals surface area contributed by atoms with Crippen molar-refractivity contribution in [2.75, 3.05) is 5.75 Å². The lowest BCUT2D eigenvalue weighted by atomic mass is 10.1. The number of para-hydroxylation sites is 2. The number of amides is 1. The molecule has 0 spiro atoms. The van der Waals surface area contributed by atoms with Crippen molar-refractivity contribution in [2.45, 2.75) is 17.7 Å². The van der Waals surface area contributed by atoms with Crippen molar-refractivity contribution < 1.29 is 9.18 Å². The topological polar surface area (TPSA) is 59.3 Å². The Labute approximate surface area is 154 Å². The smallest absolute Gasteiger partial charge is 0.247 e. The summed E-state index contributed by atoms with van der Waals surface area (Å²) in [5.74, 6) is 0.990. The molecule has 1 aliphatic rings. The first-order chi connectivity index (χ1) is 12.6. The summed E-state index contributed by atoms with van der Waals surface area (Å²) >= 11 is 1.67. The SMILES string of the molecule is Cn1c(CC(=O)NN=C2CCSc3ccc(F)cc32)nc2ccccc21. The number of thioether (sulfide) groups is 1. The van der Waals surface area contributed by atoms with Gasteiger partial charge in [0, 0.05) is 29.7 Å². The number of aryl methyl sites for hydroxylation is 1. The number of carbonyl (C=O) groups excluding carboxylic acids is 1. The van der Waals surface area contributed by atoms with E-state index in [0.717, 1.165) is 27.2 Å². The predicted molar refractivity (Wildman–Crippen MR) is 101 cm³/mol. The molecule has 0 unspecified atom stereocenters. The molecule has 1 aliphatic heterocycles. The van der Waals surface area contributed by atoms with Gasteiger partial charge in [-0.25, -0.2) is 14.8 Å². The van der Waals surface area contributed by atoms with Gasteiger partial charge in [-0.05, 0) is 30.3 Å². The Morgan fingerprint density at radius 3 is 3.04 bits per heavy atom. The van der Waals surface area contributed by atoms with Gasteiger partial charge in [0.1, 0.15) is 11.6 Å². The number of imidazole rings is 1. The highest BCUT2D eigenvalue weighted by Crippen LogP contribution is 2.30. The van der Waals surface area contributed by atoms with Gasteiger partial charge in [-0.2, -0.15) is 5.10 Å². The second kappa shape index (κ2) is 6.92. The molecule has 0 radical (unpaired) electrons. The monoisotopic (exact) mass is 368 g/mol. The van der Waals surface area contributed by atoms with Gasteiger partial charge in [-0.15, -0.1) is 11.8 Å². The van der Waals surface area contributed by atoms with Crippen molar-refractivity contribution in [3.05, 3.63) is 59.7 Å². The highest BCUT2D eigenvalue weighted by molar-refractivity contribution is 7.99. The summed E-state index contributed by atoms with van der Waals surface area (Å²) in [4.78, 5) is 17.8. The van der Waals surface area contributed by atoms with Gasteiger partial charge >= 0.3 is 0 Å². The Kier molecular flexibility index (Phi) is 4.46. The molecule has 3 aromatic rings. The van der Waals surface area contributed by atoms with Crippen LogP contribution >= 0.6 is 11.8 Å². The van der Waals surface area contributed by atoms with Crippen molar-refractivity contribution >= 4 is 34.4 Å². The van der Waals surface area contributed by atoms with E-state index >= 15 is 0 Å². The molecule has 2 heterocycles. The molecule has 1 N–H and O–H groups in total. The van der Waals surface area contributed by atoms with E-state index in [9.17, 15) is 9.18 Å². The van der Waals surface area contributed by atoms with Crippen LogP contribution in [-0.2, 0) is 18.3 Å². The number of nitrogens with one attached hydrogen (secondary N) is 1. The lowest BCUT2D eigenvalue weighted by molar-refractivity contribution is -0.120. The average molecular weight is 368 g/mol. The van der Waals surface area contributed by atoms with Gasteiger partial charge in [-0.1, -0.05) is 12.1 Å².